The number of hydrogen-bond acceptors (Lipinski definition) is 4. The van der Waals surface area contributed by atoms with Gasteiger partial charge in [0.1, 0.15) is 0 Å². The molecule has 164 valence electrons. The van der Waals surface area contributed by atoms with Gasteiger partial charge in [0.25, 0.3) is 11.8 Å². The number of nitrogens with one attached hydrogen (secondary N) is 2. The lowest BCUT2D eigenvalue weighted by molar-refractivity contribution is 0.0601. The van der Waals surface area contributed by atoms with Crippen molar-refractivity contribution in [3.63, 3.8) is 0 Å². The molecule has 2 N–H and O–H groups in total. The largest absolute Gasteiger partial charge is 0.465 e. The standard InChI is InChI=1S/C25H30N2O4/c1-15-6-7-17(23(29)27-18-9-10-18)12-20(15)19-11-8-16(13-21(19)24(30)31-5)22(28)26-14-25(2,3)4/h6-8,11-13,18H,9-10,14H2,1-5H3,(H,26,28)(H,27,29). The second kappa shape index (κ2) is 8.92. The Bertz CT molecular complexity index is 1020. The zero-order valence-electron chi connectivity index (χ0n) is 18.8. The second-order valence-corrected chi connectivity index (χ2v) is 9.27. The third-order valence-corrected chi connectivity index (χ3v) is 5.17. The summed E-state index contributed by atoms with van der Waals surface area (Å²) in [5.74, 6) is -0.907. The smallest absolute Gasteiger partial charge is 0.338 e. The molecular formula is C25H30N2O4. The highest BCUT2D eigenvalue weighted by atomic mass is 16.5. The van der Waals surface area contributed by atoms with E-state index in [0.717, 1.165) is 24.0 Å². The van der Waals surface area contributed by atoms with Crippen LogP contribution in [-0.2, 0) is 4.74 Å². The van der Waals surface area contributed by atoms with Crippen LogP contribution in [0.1, 0.15) is 70.3 Å². The number of methoxy groups -OCH3 is 1. The van der Waals surface area contributed by atoms with Gasteiger partial charge in [0.05, 0.1) is 12.7 Å². The van der Waals surface area contributed by atoms with Crippen molar-refractivity contribution in [3.05, 3.63) is 58.7 Å². The number of ether oxygens (including phenoxy) is 1. The Hall–Kier alpha value is -3.15. The molecule has 2 amide bonds. The predicted molar refractivity (Wildman–Crippen MR) is 120 cm³/mol. The van der Waals surface area contributed by atoms with Crippen LogP contribution in [0.25, 0.3) is 11.1 Å². The minimum atomic E-state index is -0.535. The average molecular weight is 423 g/mol. The molecule has 1 saturated carbocycles. The van der Waals surface area contributed by atoms with Gasteiger partial charge in [-0.05, 0) is 66.1 Å². The Labute approximate surface area is 183 Å². The molecule has 0 heterocycles. The van der Waals surface area contributed by atoms with E-state index in [1.54, 1.807) is 30.3 Å². The van der Waals surface area contributed by atoms with Crippen molar-refractivity contribution in [2.45, 2.75) is 46.6 Å². The molecule has 0 saturated heterocycles. The van der Waals surface area contributed by atoms with Gasteiger partial charge >= 0.3 is 5.97 Å². The molecule has 0 unspecified atom stereocenters. The predicted octanol–water partition coefficient (Wildman–Crippen LogP) is 4.12. The molecule has 3 rings (SSSR count). The van der Waals surface area contributed by atoms with E-state index in [0.29, 0.717) is 23.2 Å². The lowest BCUT2D eigenvalue weighted by Crippen LogP contribution is -2.32. The first-order valence-electron chi connectivity index (χ1n) is 10.5. The molecular weight excluding hydrogens is 392 g/mol. The monoisotopic (exact) mass is 422 g/mol. The number of hydrogen-bond donors (Lipinski definition) is 2. The molecule has 0 aromatic heterocycles. The molecule has 0 aliphatic heterocycles. The van der Waals surface area contributed by atoms with E-state index in [9.17, 15) is 14.4 Å². The number of carbonyl (C=O) groups is 3. The highest BCUT2D eigenvalue weighted by Gasteiger charge is 2.25. The number of esters is 1. The van der Waals surface area contributed by atoms with Crippen molar-refractivity contribution >= 4 is 17.8 Å². The highest BCUT2D eigenvalue weighted by molar-refractivity contribution is 6.03. The summed E-state index contributed by atoms with van der Waals surface area (Å²) in [6, 6.07) is 10.7. The van der Waals surface area contributed by atoms with Crippen molar-refractivity contribution in [2.75, 3.05) is 13.7 Å². The van der Waals surface area contributed by atoms with E-state index in [2.05, 4.69) is 10.6 Å². The van der Waals surface area contributed by atoms with Crippen LogP contribution in [0, 0.1) is 12.3 Å². The fourth-order valence-corrected chi connectivity index (χ4v) is 3.20. The Balaban J connectivity index is 1.97. The van der Waals surface area contributed by atoms with Crippen LogP contribution in [0.3, 0.4) is 0 Å². The van der Waals surface area contributed by atoms with Crippen LogP contribution >= 0.6 is 0 Å². The molecule has 0 radical (unpaired) electrons. The van der Waals surface area contributed by atoms with E-state index in [1.165, 1.54) is 7.11 Å². The maximum Gasteiger partial charge on any atom is 0.338 e. The summed E-state index contributed by atoms with van der Waals surface area (Å²) in [5, 5.41) is 5.88. The number of carbonyl (C=O) groups excluding carboxylic acids is 3. The summed E-state index contributed by atoms with van der Waals surface area (Å²) in [6.07, 6.45) is 2.02. The summed E-state index contributed by atoms with van der Waals surface area (Å²) in [5.41, 5.74) is 3.44. The van der Waals surface area contributed by atoms with Gasteiger partial charge in [-0.15, -0.1) is 0 Å². The van der Waals surface area contributed by atoms with E-state index < -0.39 is 5.97 Å². The van der Waals surface area contributed by atoms with Crippen molar-refractivity contribution in [1.29, 1.82) is 0 Å². The Morgan fingerprint density at radius 1 is 0.968 bits per heavy atom. The third-order valence-electron chi connectivity index (χ3n) is 5.17. The molecule has 2 aromatic carbocycles. The fraction of sp³-hybridized carbons (Fsp3) is 0.400. The van der Waals surface area contributed by atoms with Crippen LogP contribution < -0.4 is 10.6 Å². The van der Waals surface area contributed by atoms with E-state index >= 15 is 0 Å². The van der Waals surface area contributed by atoms with Crippen molar-refractivity contribution < 1.29 is 19.1 Å². The summed E-state index contributed by atoms with van der Waals surface area (Å²) in [7, 11) is 1.31. The van der Waals surface area contributed by atoms with E-state index in [-0.39, 0.29) is 28.8 Å². The van der Waals surface area contributed by atoms with Crippen molar-refractivity contribution in [2.24, 2.45) is 5.41 Å². The van der Waals surface area contributed by atoms with Crippen LogP contribution in [0.2, 0.25) is 0 Å². The first-order valence-corrected chi connectivity index (χ1v) is 10.5. The number of benzene rings is 2. The van der Waals surface area contributed by atoms with Crippen molar-refractivity contribution in [1.82, 2.24) is 10.6 Å². The Kier molecular flexibility index (Phi) is 6.48. The molecule has 1 aliphatic rings. The third kappa shape index (κ3) is 5.72. The SMILES string of the molecule is COC(=O)c1cc(C(=O)NCC(C)(C)C)ccc1-c1cc(C(=O)NC2CC2)ccc1C. The molecule has 6 nitrogen and oxygen atoms in total. The molecule has 6 heteroatoms. The first kappa shape index (κ1) is 22.5. The van der Waals surface area contributed by atoms with Crippen LogP contribution in [0.5, 0.6) is 0 Å². The summed E-state index contributed by atoms with van der Waals surface area (Å²) < 4.78 is 4.98. The average Bonchev–Trinajstić information content (AvgIpc) is 3.54. The zero-order chi connectivity index (χ0) is 22.8. The Morgan fingerprint density at radius 2 is 1.61 bits per heavy atom. The van der Waals surface area contributed by atoms with Crippen molar-refractivity contribution in [3.8, 4) is 11.1 Å². The van der Waals surface area contributed by atoms with Gasteiger partial charge in [-0.2, -0.15) is 0 Å². The zero-order valence-corrected chi connectivity index (χ0v) is 18.8. The van der Waals surface area contributed by atoms with Gasteiger partial charge in [0, 0.05) is 23.7 Å². The van der Waals surface area contributed by atoms with E-state index in [4.69, 9.17) is 4.74 Å². The second-order valence-electron chi connectivity index (χ2n) is 9.27. The fourth-order valence-electron chi connectivity index (χ4n) is 3.20. The van der Waals surface area contributed by atoms with Gasteiger partial charge in [-0.3, -0.25) is 9.59 Å². The van der Waals surface area contributed by atoms with Gasteiger partial charge in [0.2, 0.25) is 0 Å². The molecule has 31 heavy (non-hydrogen) atoms. The maximum absolute atomic E-state index is 12.6. The lowest BCUT2D eigenvalue weighted by Gasteiger charge is -2.19. The normalized spacial score (nSPS) is 13.5. The number of amides is 2. The Morgan fingerprint density at radius 3 is 2.23 bits per heavy atom. The maximum atomic E-state index is 12.6. The minimum Gasteiger partial charge on any atom is -0.465 e. The minimum absolute atomic E-state index is 0.0562. The van der Waals surface area contributed by atoms with Crippen LogP contribution in [0.15, 0.2) is 36.4 Å². The quantitative estimate of drug-likeness (QED) is 0.686. The molecule has 2 aromatic rings. The molecule has 1 fully saturated rings. The molecule has 0 spiro atoms. The topological polar surface area (TPSA) is 84.5 Å². The van der Waals surface area contributed by atoms with Gasteiger partial charge in [-0.25, -0.2) is 4.79 Å². The molecule has 0 bridgehead atoms. The lowest BCUT2D eigenvalue weighted by atomic mass is 9.92. The molecule has 0 atom stereocenters. The van der Waals surface area contributed by atoms with E-state index in [1.807, 2.05) is 33.8 Å². The van der Waals surface area contributed by atoms with Gasteiger partial charge in [-0.1, -0.05) is 32.9 Å². The summed E-state index contributed by atoms with van der Waals surface area (Å²) >= 11 is 0. The summed E-state index contributed by atoms with van der Waals surface area (Å²) in [4.78, 5) is 37.7. The van der Waals surface area contributed by atoms with Crippen LogP contribution in [-0.4, -0.2) is 37.5 Å². The van der Waals surface area contributed by atoms with Gasteiger partial charge in [0.15, 0.2) is 0 Å². The van der Waals surface area contributed by atoms with Gasteiger partial charge < -0.3 is 15.4 Å². The molecule has 1 aliphatic carbocycles. The highest BCUT2D eigenvalue weighted by Crippen LogP contribution is 2.30. The first-order chi connectivity index (χ1) is 14.6. The van der Waals surface area contributed by atoms with Crippen LogP contribution in [0.4, 0.5) is 0 Å². The summed E-state index contributed by atoms with van der Waals surface area (Å²) in [6.45, 7) is 8.53. The number of rotatable bonds is 6. The number of aryl methyl sites for hydroxylation is 1.